The molecule has 6 heteroatoms. The molecule has 1 heterocycles. The number of aromatic hydroxyl groups is 1. The van der Waals surface area contributed by atoms with Crippen LogP contribution in [0, 0.1) is 0 Å². The fourth-order valence-electron chi connectivity index (χ4n) is 3.72. The third-order valence-electron chi connectivity index (χ3n) is 5.16. The molecule has 0 radical (unpaired) electrons. The van der Waals surface area contributed by atoms with Gasteiger partial charge in [0.2, 0.25) is 10.0 Å². The molecule has 0 fully saturated rings. The molecule has 0 bridgehead atoms. The normalized spacial score (nSPS) is 21.2. The molecule has 3 aromatic carbocycles. The summed E-state index contributed by atoms with van der Waals surface area (Å²) in [6.45, 7) is 0.146. The molecule has 2 atom stereocenters. The lowest BCUT2D eigenvalue weighted by molar-refractivity contribution is 0.0766. The van der Waals surface area contributed by atoms with Gasteiger partial charge in [-0.1, -0.05) is 66.7 Å². The molecular formula is C22H21NO4S. The number of para-hydroxylation sites is 1. The van der Waals surface area contributed by atoms with Crippen LogP contribution < -0.4 is 0 Å². The quantitative estimate of drug-likeness (QED) is 0.711. The minimum Gasteiger partial charge on any atom is -0.508 e. The van der Waals surface area contributed by atoms with Crippen LogP contribution in [0.2, 0.25) is 0 Å². The van der Waals surface area contributed by atoms with E-state index in [9.17, 15) is 18.6 Å². The monoisotopic (exact) mass is 395 g/mol. The van der Waals surface area contributed by atoms with Gasteiger partial charge in [0.15, 0.2) is 0 Å². The molecule has 144 valence electrons. The van der Waals surface area contributed by atoms with Crippen LogP contribution in [0.5, 0.6) is 5.75 Å². The molecule has 5 nitrogen and oxygen atoms in total. The Bertz CT molecular complexity index is 1080. The highest BCUT2D eigenvalue weighted by molar-refractivity contribution is 7.89. The number of phenols is 1. The largest absolute Gasteiger partial charge is 0.508 e. The van der Waals surface area contributed by atoms with E-state index in [1.165, 1.54) is 10.4 Å². The Kier molecular flexibility index (Phi) is 4.93. The second-order valence-corrected chi connectivity index (χ2v) is 8.78. The third kappa shape index (κ3) is 3.30. The zero-order valence-electron chi connectivity index (χ0n) is 15.1. The highest BCUT2D eigenvalue weighted by Crippen LogP contribution is 2.39. The van der Waals surface area contributed by atoms with Gasteiger partial charge in [-0.05, 0) is 29.7 Å². The van der Waals surface area contributed by atoms with E-state index in [4.69, 9.17) is 0 Å². The van der Waals surface area contributed by atoms with E-state index in [0.29, 0.717) is 11.1 Å². The Morgan fingerprint density at radius 1 is 0.857 bits per heavy atom. The van der Waals surface area contributed by atoms with Gasteiger partial charge >= 0.3 is 0 Å². The number of hydrogen-bond acceptors (Lipinski definition) is 4. The van der Waals surface area contributed by atoms with Crippen LogP contribution in [0.1, 0.15) is 22.8 Å². The smallest absolute Gasteiger partial charge is 0.244 e. The molecule has 0 aliphatic carbocycles. The maximum absolute atomic E-state index is 13.4. The maximum Gasteiger partial charge on any atom is 0.244 e. The van der Waals surface area contributed by atoms with Crippen molar-refractivity contribution < 1.29 is 18.6 Å². The van der Waals surface area contributed by atoms with Gasteiger partial charge in [-0.2, -0.15) is 4.31 Å². The number of aliphatic hydroxyl groups excluding tert-OH is 1. The lowest BCUT2D eigenvalue weighted by Gasteiger charge is -2.39. The van der Waals surface area contributed by atoms with Crippen molar-refractivity contribution in [2.24, 2.45) is 0 Å². The van der Waals surface area contributed by atoms with Crippen LogP contribution in [0.25, 0.3) is 0 Å². The second kappa shape index (κ2) is 7.39. The first kappa shape index (κ1) is 18.7. The van der Waals surface area contributed by atoms with Crippen molar-refractivity contribution in [3.05, 3.63) is 95.6 Å². The van der Waals surface area contributed by atoms with Crippen molar-refractivity contribution in [3.8, 4) is 5.75 Å². The van der Waals surface area contributed by atoms with E-state index in [0.717, 1.165) is 5.56 Å². The summed E-state index contributed by atoms with van der Waals surface area (Å²) in [5.74, 6) is 0.0885. The van der Waals surface area contributed by atoms with Crippen molar-refractivity contribution in [3.63, 3.8) is 0 Å². The molecule has 0 saturated heterocycles. The highest BCUT2D eigenvalue weighted by Gasteiger charge is 2.43. The van der Waals surface area contributed by atoms with Gasteiger partial charge in [-0.25, -0.2) is 8.42 Å². The predicted octanol–water partition coefficient (Wildman–Crippen LogP) is 3.24. The average Bonchev–Trinajstić information content (AvgIpc) is 2.71. The number of hydrogen-bond donors (Lipinski definition) is 2. The van der Waals surface area contributed by atoms with Crippen molar-refractivity contribution in [2.75, 3.05) is 0 Å². The van der Waals surface area contributed by atoms with E-state index < -0.39 is 22.2 Å². The molecule has 28 heavy (non-hydrogen) atoms. The zero-order valence-corrected chi connectivity index (χ0v) is 16.0. The topological polar surface area (TPSA) is 77.8 Å². The summed E-state index contributed by atoms with van der Waals surface area (Å²) < 4.78 is 28.1. The van der Waals surface area contributed by atoms with Crippen LogP contribution >= 0.6 is 0 Å². The maximum atomic E-state index is 13.4. The van der Waals surface area contributed by atoms with E-state index >= 15 is 0 Å². The minimum atomic E-state index is -3.80. The molecule has 0 spiro atoms. The van der Waals surface area contributed by atoms with Crippen molar-refractivity contribution in [2.45, 2.75) is 30.0 Å². The average molecular weight is 395 g/mol. The first-order valence-electron chi connectivity index (χ1n) is 9.08. The molecule has 0 amide bonds. The predicted molar refractivity (Wildman–Crippen MR) is 106 cm³/mol. The van der Waals surface area contributed by atoms with E-state index in [-0.39, 0.29) is 23.6 Å². The number of phenolic OH excluding ortho intramolecular Hbond substituents is 1. The fraction of sp³-hybridized carbons (Fsp3) is 0.182. The summed E-state index contributed by atoms with van der Waals surface area (Å²) in [4.78, 5) is 0.131. The number of sulfonamides is 1. The summed E-state index contributed by atoms with van der Waals surface area (Å²) in [6, 6.07) is 21.9. The Labute approximate surface area is 164 Å². The minimum absolute atomic E-state index is 0.0885. The second-order valence-electron chi connectivity index (χ2n) is 6.92. The molecule has 0 unspecified atom stereocenters. The summed E-state index contributed by atoms with van der Waals surface area (Å²) in [5, 5.41) is 21.2. The standard InChI is InChI=1S/C22H21NO4S/c24-20-12-6-4-10-17(20)14-19-22(25)18-11-5-7-13-21(18)28(26,27)23(19)15-16-8-2-1-3-9-16/h1-13,19,22,24-25H,14-15H2/t19-,22+/m1/s1. The van der Waals surface area contributed by atoms with Crippen molar-refractivity contribution >= 4 is 10.0 Å². The summed E-state index contributed by atoms with van der Waals surface area (Å²) >= 11 is 0. The van der Waals surface area contributed by atoms with E-state index in [1.807, 2.05) is 30.3 Å². The van der Waals surface area contributed by atoms with Crippen LogP contribution in [-0.2, 0) is 23.0 Å². The Morgan fingerprint density at radius 3 is 2.25 bits per heavy atom. The van der Waals surface area contributed by atoms with Crippen molar-refractivity contribution in [1.82, 2.24) is 4.31 Å². The number of aliphatic hydroxyl groups is 1. The van der Waals surface area contributed by atoms with Crippen LogP contribution in [0.15, 0.2) is 83.8 Å². The Balaban J connectivity index is 1.81. The van der Waals surface area contributed by atoms with Crippen LogP contribution in [0.3, 0.4) is 0 Å². The highest BCUT2D eigenvalue weighted by atomic mass is 32.2. The van der Waals surface area contributed by atoms with Gasteiger partial charge < -0.3 is 10.2 Å². The third-order valence-corrected chi connectivity index (χ3v) is 7.11. The van der Waals surface area contributed by atoms with Gasteiger partial charge in [0.05, 0.1) is 17.0 Å². The molecule has 2 N–H and O–H groups in total. The lowest BCUT2D eigenvalue weighted by Crippen LogP contribution is -2.48. The number of benzene rings is 3. The summed E-state index contributed by atoms with van der Waals surface area (Å²) in [5.41, 5.74) is 1.83. The van der Waals surface area contributed by atoms with Crippen molar-refractivity contribution in [1.29, 1.82) is 0 Å². The zero-order chi connectivity index (χ0) is 19.7. The summed E-state index contributed by atoms with van der Waals surface area (Å²) in [7, 11) is -3.80. The number of fused-ring (bicyclic) bond motifs is 1. The van der Waals surface area contributed by atoms with E-state index in [1.54, 1.807) is 42.5 Å². The first-order chi connectivity index (χ1) is 13.5. The van der Waals surface area contributed by atoms with Crippen LogP contribution in [0.4, 0.5) is 0 Å². The molecule has 4 rings (SSSR count). The summed E-state index contributed by atoms with van der Waals surface area (Å²) in [6.07, 6.45) is -0.795. The number of nitrogens with zero attached hydrogens (tertiary/aromatic N) is 1. The van der Waals surface area contributed by atoms with Gasteiger partial charge in [0, 0.05) is 12.1 Å². The number of rotatable bonds is 4. The molecule has 0 aromatic heterocycles. The SMILES string of the molecule is O=S1(=O)c2ccccc2[C@H](O)[C@@H](Cc2ccccc2O)N1Cc1ccccc1. The van der Waals surface area contributed by atoms with Gasteiger partial charge in [0.25, 0.3) is 0 Å². The van der Waals surface area contributed by atoms with Gasteiger partial charge in [0.1, 0.15) is 5.75 Å². The molecule has 0 saturated carbocycles. The van der Waals surface area contributed by atoms with Gasteiger partial charge in [-0.15, -0.1) is 0 Å². The van der Waals surface area contributed by atoms with Crippen LogP contribution in [-0.4, -0.2) is 29.0 Å². The van der Waals surface area contributed by atoms with E-state index in [2.05, 4.69) is 0 Å². The molecule has 1 aliphatic rings. The lowest BCUT2D eigenvalue weighted by atomic mass is 9.95. The van der Waals surface area contributed by atoms with Gasteiger partial charge in [-0.3, -0.25) is 0 Å². The molecular weight excluding hydrogens is 374 g/mol. The Hall–Kier alpha value is -2.67. The Morgan fingerprint density at radius 2 is 1.50 bits per heavy atom. The first-order valence-corrected chi connectivity index (χ1v) is 10.5. The molecule has 1 aliphatic heterocycles. The fourth-order valence-corrected chi connectivity index (χ4v) is 5.57. The molecule has 3 aromatic rings.